The number of rotatable bonds is 1. The lowest BCUT2D eigenvalue weighted by molar-refractivity contribution is -0.0546. The molecule has 3 atom stereocenters. The minimum atomic E-state index is -0.210. The van der Waals surface area contributed by atoms with E-state index in [1.54, 1.807) is 0 Å². The highest BCUT2D eigenvalue weighted by atomic mass is 16.5. The number of ether oxygens (including phenoxy) is 1. The van der Waals surface area contributed by atoms with Gasteiger partial charge in [0.2, 0.25) is 0 Å². The van der Waals surface area contributed by atoms with E-state index in [0.29, 0.717) is 12.0 Å². The Morgan fingerprint density at radius 2 is 2.36 bits per heavy atom. The summed E-state index contributed by atoms with van der Waals surface area (Å²) < 4.78 is 5.48. The van der Waals surface area contributed by atoms with Crippen LogP contribution in [0.15, 0.2) is 0 Å². The molecule has 2 heterocycles. The predicted molar refractivity (Wildman–Crippen MR) is 54.2 cm³/mol. The summed E-state index contributed by atoms with van der Waals surface area (Å²) >= 11 is 0. The van der Waals surface area contributed by atoms with Crippen LogP contribution in [0.25, 0.3) is 0 Å². The Bertz CT molecular complexity index is 169. The van der Waals surface area contributed by atoms with Crippen LogP contribution < -0.4 is 5.32 Å². The number of piperidine rings is 1. The highest BCUT2D eigenvalue weighted by Crippen LogP contribution is 2.22. The van der Waals surface area contributed by atoms with Crippen LogP contribution in [-0.4, -0.2) is 62.0 Å². The lowest BCUT2D eigenvalue weighted by Crippen LogP contribution is -2.54. The van der Waals surface area contributed by atoms with Crippen molar-refractivity contribution in [1.29, 1.82) is 0 Å². The van der Waals surface area contributed by atoms with Crippen molar-refractivity contribution in [2.75, 3.05) is 39.9 Å². The van der Waals surface area contributed by atoms with Gasteiger partial charge in [-0.05, 0) is 20.0 Å². The van der Waals surface area contributed by atoms with Crippen LogP contribution in [0.4, 0.5) is 0 Å². The molecule has 2 saturated heterocycles. The molecule has 0 aromatic rings. The van der Waals surface area contributed by atoms with Gasteiger partial charge < -0.3 is 15.2 Å². The van der Waals surface area contributed by atoms with Gasteiger partial charge in [0.1, 0.15) is 0 Å². The quantitative estimate of drug-likeness (QED) is 0.587. The number of likely N-dealkylation sites (N-methyl/N-ethyl adjacent to an activating group) is 1. The molecule has 0 bridgehead atoms. The number of hydrogen-bond acceptors (Lipinski definition) is 4. The maximum atomic E-state index is 9.89. The van der Waals surface area contributed by atoms with Gasteiger partial charge in [0.25, 0.3) is 0 Å². The molecular formula is C10H20N2O2. The van der Waals surface area contributed by atoms with Gasteiger partial charge in [-0.3, -0.25) is 4.90 Å². The second kappa shape index (κ2) is 4.57. The second-order valence-electron chi connectivity index (χ2n) is 4.35. The third-order valence-corrected chi connectivity index (χ3v) is 3.44. The normalized spacial score (nSPS) is 41.1. The molecule has 4 heteroatoms. The summed E-state index contributed by atoms with van der Waals surface area (Å²) in [6.07, 6.45) is 0.845. The fourth-order valence-electron chi connectivity index (χ4n) is 2.47. The molecule has 0 radical (unpaired) electrons. The highest BCUT2D eigenvalue weighted by Gasteiger charge is 2.34. The summed E-state index contributed by atoms with van der Waals surface area (Å²) in [4.78, 5) is 2.32. The molecule has 2 aliphatic heterocycles. The molecule has 2 aliphatic rings. The lowest BCUT2D eigenvalue weighted by atomic mass is 9.87. The van der Waals surface area contributed by atoms with E-state index >= 15 is 0 Å². The van der Waals surface area contributed by atoms with Crippen molar-refractivity contribution >= 4 is 0 Å². The van der Waals surface area contributed by atoms with Crippen LogP contribution in [0.1, 0.15) is 6.42 Å². The fraction of sp³-hybridized carbons (Fsp3) is 1.00. The van der Waals surface area contributed by atoms with E-state index in [0.717, 1.165) is 39.3 Å². The van der Waals surface area contributed by atoms with Gasteiger partial charge in [-0.25, -0.2) is 0 Å². The van der Waals surface area contributed by atoms with Crippen molar-refractivity contribution in [2.45, 2.75) is 18.6 Å². The Morgan fingerprint density at radius 1 is 1.50 bits per heavy atom. The van der Waals surface area contributed by atoms with Crippen LogP contribution in [0.5, 0.6) is 0 Å². The zero-order chi connectivity index (χ0) is 9.97. The topological polar surface area (TPSA) is 44.7 Å². The fourth-order valence-corrected chi connectivity index (χ4v) is 2.47. The molecule has 0 aliphatic carbocycles. The standard InChI is InChI=1S/C10H20N2O2/c1-12-4-5-14-7-9(12)8-2-3-11-6-10(8)13/h8-11,13H,2-7H2,1H3. The molecule has 2 fully saturated rings. The number of aliphatic hydroxyl groups excluding tert-OH is 1. The summed E-state index contributed by atoms with van der Waals surface area (Å²) in [5, 5.41) is 13.1. The molecule has 3 unspecified atom stereocenters. The van der Waals surface area contributed by atoms with E-state index in [1.165, 1.54) is 0 Å². The average molecular weight is 200 g/mol. The Morgan fingerprint density at radius 3 is 3.07 bits per heavy atom. The third kappa shape index (κ3) is 2.08. The van der Waals surface area contributed by atoms with Gasteiger partial charge in [-0.1, -0.05) is 0 Å². The molecule has 0 saturated carbocycles. The lowest BCUT2D eigenvalue weighted by Gasteiger charge is -2.41. The number of β-amino-alcohol motifs (C(OH)–C–C–N with tert-alkyl or cyclic N) is 1. The van der Waals surface area contributed by atoms with Crippen LogP contribution >= 0.6 is 0 Å². The van der Waals surface area contributed by atoms with Crippen molar-refractivity contribution in [1.82, 2.24) is 10.2 Å². The van der Waals surface area contributed by atoms with Crippen LogP contribution in [0, 0.1) is 5.92 Å². The second-order valence-corrected chi connectivity index (χ2v) is 4.35. The molecule has 0 aromatic heterocycles. The van der Waals surface area contributed by atoms with E-state index < -0.39 is 0 Å². The number of morpholine rings is 1. The van der Waals surface area contributed by atoms with Gasteiger partial charge in [0, 0.05) is 25.0 Å². The van der Waals surface area contributed by atoms with E-state index in [4.69, 9.17) is 4.74 Å². The number of nitrogens with one attached hydrogen (secondary N) is 1. The van der Waals surface area contributed by atoms with Crippen molar-refractivity contribution in [3.63, 3.8) is 0 Å². The van der Waals surface area contributed by atoms with Gasteiger partial charge >= 0.3 is 0 Å². The first-order valence-electron chi connectivity index (χ1n) is 5.46. The summed E-state index contributed by atoms with van der Waals surface area (Å²) in [6, 6.07) is 0.404. The predicted octanol–water partition coefficient (Wildman–Crippen LogP) is -0.713. The summed E-state index contributed by atoms with van der Waals surface area (Å²) in [7, 11) is 2.13. The minimum Gasteiger partial charge on any atom is -0.391 e. The Kier molecular flexibility index (Phi) is 3.38. The SMILES string of the molecule is CN1CCOCC1C1CCNCC1O. The molecule has 0 spiro atoms. The third-order valence-electron chi connectivity index (χ3n) is 3.44. The zero-order valence-corrected chi connectivity index (χ0v) is 8.78. The molecule has 0 aromatic carbocycles. The van der Waals surface area contributed by atoms with E-state index in [2.05, 4.69) is 17.3 Å². The first-order chi connectivity index (χ1) is 6.79. The number of hydrogen-bond donors (Lipinski definition) is 2. The summed E-state index contributed by atoms with van der Waals surface area (Å²) in [6.45, 7) is 4.34. The van der Waals surface area contributed by atoms with Crippen LogP contribution in [-0.2, 0) is 4.74 Å². The van der Waals surface area contributed by atoms with E-state index in [9.17, 15) is 5.11 Å². The zero-order valence-electron chi connectivity index (χ0n) is 8.78. The van der Waals surface area contributed by atoms with E-state index in [1.807, 2.05) is 0 Å². The Balaban J connectivity index is 1.96. The smallest absolute Gasteiger partial charge is 0.0708 e. The molecular weight excluding hydrogens is 180 g/mol. The van der Waals surface area contributed by atoms with E-state index in [-0.39, 0.29) is 6.10 Å². The first kappa shape index (κ1) is 10.4. The van der Waals surface area contributed by atoms with Crippen LogP contribution in [0.3, 0.4) is 0 Å². The summed E-state index contributed by atoms with van der Waals surface area (Å²) in [5.74, 6) is 0.376. The molecule has 14 heavy (non-hydrogen) atoms. The van der Waals surface area contributed by atoms with Crippen molar-refractivity contribution in [3.05, 3.63) is 0 Å². The van der Waals surface area contributed by atoms with Crippen molar-refractivity contribution in [3.8, 4) is 0 Å². The molecule has 82 valence electrons. The number of nitrogens with zero attached hydrogens (tertiary/aromatic N) is 1. The maximum Gasteiger partial charge on any atom is 0.0708 e. The first-order valence-corrected chi connectivity index (χ1v) is 5.46. The Labute approximate surface area is 85.2 Å². The molecule has 4 nitrogen and oxygen atoms in total. The van der Waals surface area contributed by atoms with Gasteiger partial charge in [-0.15, -0.1) is 0 Å². The largest absolute Gasteiger partial charge is 0.391 e. The molecule has 2 N–H and O–H groups in total. The highest BCUT2D eigenvalue weighted by molar-refractivity contribution is 4.88. The van der Waals surface area contributed by atoms with Gasteiger partial charge in [0.05, 0.1) is 19.3 Å². The molecule has 0 amide bonds. The van der Waals surface area contributed by atoms with Crippen molar-refractivity contribution in [2.24, 2.45) is 5.92 Å². The van der Waals surface area contributed by atoms with Gasteiger partial charge in [0.15, 0.2) is 0 Å². The maximum absolute atomic E-state index is 9.89. The van der Waals surface area contributed by atoms with Gasteiger partial charge in [-0.2, -0.15) is 0 Å². The van der Waals surface area contributed by atoms with Crippen LogP contribution in [0.2, 0.25) is 0 Å². The van der Waals surface area contributed by atoms with Crippen molar-refractivity contribution < 1.29 is 9.84 Å². The summed E-state index contributed by atoms with van der Waals surface area (Å²) in [5.41, 5.74) is 0. The Hall–Kier alpha value is -0.160. The molecule has 2 rings (SSSR count). The monoisotopic (exact) mass is 200 g/mol. The minimum absolute atomic E-state index is 0.210. The average Bonchev–Trinajstić information content (AvgIpc) is 2.20. The number of aliphatic hydroxyl groups is 1.